The number of piperazine rings is 1. The number of aliphatic hydroxyl groups excluding tert-OH is 1. The molecule has 12 nitrogen and oxygen atoms in total. The van der Waals surface area contributed by atoms with Crippen molar-refractivity contribution < 1.29 is 29.3 Å². The van der Waals surface area contributed by atoms with Gasteiger partial charge >= 0.3 is 5.97 Å². The second kappa shape index (κ2) is 14.8. The lowest BCUT2D eigenvalue weighted by molar-refractivity contribution is -0.179. The van der Waals surface area contributed by atoms with Crippen molar-refractivity contribution >= 4 is 29.4 Å². The molecule has 57 heavy (non-hydrogen) atoms. The Balaban J connectivity index is 1.27. The number of nitrogens with zero attached hydrogens (tertiary/aromatic N) is 5. The van der Waals surface area contributed by atoms with Gasteiger partial charge in [-0.05, 0) is 58.7 Å². The number of morpholine rings is 1. The highest BCUT2D eigenvalue weighted by atomic mass is 16.6. The third kappa shape index (κ3) is 6.07. The first-order chi connectivity index (χ1) is 27.9. The van der Waals surface area contributed by atoms with Crippen LogP contribution in [-0.4, -0.2) is 86.6 Å². The number of rotatable bonds is 6. The lowest BCUT2D eigenvalue weighted by atomic mass is 9.65. The van der Waals surface area contributed by atoms with E-state index in [1.807, 2.05) is 76.5 Å². The molecule has 5 heterocycles. The first-order valence-electron chi connectivity index (χ1n) is 19.1. The molecular formula is C45H40N6O6. The molecule has 1 aromatic heterocycles. The van der Waals surface area contributed by atoms with Crippen LogP contribution < -0.4 is 10.2 Å². The summed E-state index contributed by atoms with van der Waals surface area (Å²) in [6.07, 6.45) is 2.83. The number of aromatic nitrogens is 2. The van der Waals surface area contributed by atoms with Gasteiger partial charge in [0, 0.05) is 56.2 Å². The molecular weight excluding hydrogens is 721 g/mol. The molecule has 2 amide bonds. The SMILES string of the molecule is O=C1OC(c2ccccc2)C(c2ccccc2)N2C1C(C(=O)N1CCN(c3ncccn3)CC1)C1(C(=O)Nc3ccc(C#CCCO)cc31)C2c1ccc(O)cc1. The van der Waals surface area contributed by atoms with Crippen molar-refractivity contribution in [3.63, 3.8) is 0 Å². The van der Waals surface area contributed by atoms with E-state index in [-0.39, 0.29) is 24.7 Å². The predicted molar refractivity (Wildman–Crippen MR) is 211 cm³/mol. The number of hydrogen-bond donors (Lipinski definition) is 3. The van der Waals surface area contributed by atoms with E-state index in [2.05, 4.69) is 27.1 Å². The molecule has 0 radical (unpaired) electrons. The zero-order chi connectivity index (χ0) is 39.1. The third-order valence-electron chi connectivity index (χ3n) is 11.7. The largest absolute Gasteiger partial charge is 0.508 e. The third-order valence-corrected chi connectivity index (χ3v) is 11.7. The van der Waals surface area contributed by atoms with Crippen molar-refractivity contribution in [2.45, 2.75) is 36.1 Å². The number of anilines is 2. The van der Waals surface area contributed by atoms with Gasteiger partial charge in [0.05, 0.1) is 24.6 Å². The maximum atomic E-state index is 15.6. The van der Waals surface area contributed by atoms with Gasteiger partial charge in [-0.15, -0.1) is 0 Å². The van der Waals surface area contributed by atoms with Crippen LogP contribution in [0.3, 0.4) is 0 Å². The molecule has 6 atom stereocenters. The number of fused-ring (bicyclic) bond motifs is 3. The molecule has 12 heteroatoms. The van der Waals surface area contributed by atoms with E-state index >= 15 is 14.4 Å². The molecule has 3 N–H and O–H groups in total. The number of amides is 2. The van der Waals surface area contributed by atoms with Crippen LogP contribution in [0.25, 0.3) is 0 Å². The van der Waals surface area contributed by atoms with E-state index in [4.69, 9.17) is 4.74 Å². The van der Waals surface area contributed by atoms with Crippen molar-refractivity contribution in [2.75, 3.05) is 43.0 Å². The maximum Gasteiger partial charge on any atom is 0.324 e. The lowest BCUT2D eigenvalue weighted by Crippen LogP contribution is -2.58. The first-order valence-corrected chi connectivity index (χ1v) is 19.1. The summed E-state index contributed by atoms with van der Waals surface area (Å²) >= 11 is 0. The van der Waals surface area contributed by atoms with Crippen LogP contribution in [0, 0.1) is 17.8 Å². The Kier molecular flexibility index (Phi) is 9.40. The molecule has 0 aliphatic carbocycles. The van der Waals surface area contributed by atoms with Crippen molar-refractivity contribution in [1.29, 1.82) is 0 Å². The molecule has 1 spiro atoms. The summed E-state index contributed by atoms with van der Waals surface area (Å²) < 4.78 is 6.52. The highest BCUT2D eigenvalue weighted by Crippen LogP contribution is 2.65. The smallest absolute Gasteiger partial charge is 0.324 e. The number of hydrogen-bond acceptors (Lipinski definition) is 10. The number of phenols is 1. The lowest BCUT2D eigenvalue weighted by Gasteiger charge is -2.46. The van der Waals surface area contributed by atoms with E-state index < -0.39 is 47.4 Å². The van der Waals surface area contributed by atoms with Gasteiger partial charge in [0.1, 0.15) is 23.3 Å². The summed E-state index contributed by atoms with van der Waals surface area (Å²) in [4.78, 5) is 60.6. The van der Waals surface area contributed by atoms with E-state index in [0.29, 0.717) is 54.5 Å². The number of carbonyl (C=O) groups is 3. The minimum Gasteiger partial charge on any atom is -0.508 e. The number of aliphatic hydroxyl groups is 1. The monoisotopic (exact) mass is 760 g/mol. The first kappa shape index (κ1) is 36.1. The molecule has 4 aliphatic heterocycles. The molecule has 4 aliphatic rings. The standard InChI is InChI=1S/C45H40N6O6/c52-27-8-7-10-29-15-20-35-34(28-29)45(43(56)48-35)36(41(54)49-23-25-50(26-24-49)44-46-21-9-22-47-44)38-42(55)57-39(31-13-5-2-6-14-31)37(30-11-3-1-4-12-30)51(38)40(45)32-16-18-33(53)19-17-32/h1-6,9,11-22,28,36-40,52-53H,8,23-27H2,(H,48,56). The summed E-state index contributed by atoms with van der Waals surface area (Å²) in [5.41, 5.74) is 2.24. The van der Waals surface area contributed by atoms with Gasteiger partial charge in [-0.1, -0.05) is 84.6 Å². The zero-order valence-electron chi connectivity index (χ0n) is 30.9. The van der Waals surface area contributed by atoms with Gasteiger partial charge < -0.3 is 30.1 Å². The molecule has 0 saturated carbocycles. The van der Waals surface area contributed by atoms with E-state index in [1.165, 1.54) is 0 Å². The summed E-state index contributed by atoms with van der Waals surface area (Å²) in [7, 11) is 0. The average molecular weight is 761 g/mol. The van der Waals surface area contributed by atoms with Gasteiger partial charge in [-0.3, -0.25) is 19.3 Å². The Hall–Kier alpha value is -6.55. The second-order valence-electron chi connectivity index (χ2n) is 14.7. The van der Waals surface area contributed by atoms with Gasteiger partial charge in [-0.25, -0.2) is 9.97 Å². The van der Waals surface area contributed by atoms with Crippen LogP contribution in [0.4, 0.5) is 11.6 Å². The fourth-order valence-electron chi connectivity index (χ4n) is 9.31. The van der Waals surface area contributed by atoms with Gasteiger partial charge in [0.15, 0.2) is 0 Å². The number of aromatic hydroxyl groups is 1. The summed E-state index contributed by atoms with van der Waals surface area (Å²) in [6, 6.07) is 30.4. The van der Waals surface area contributed by atoms with Crippen LogP contribution in [0.15, 0.2) is 122 Å². The van der Waals surface area contributed by atoms with Crippen molar-refractivity contribution in [2.24, 2.45) is 5.92 Å². The van der Waals surface area contributed by atoms with Gasteiger partial charge in [0.2, 0.25) is 17.8 Å². The molecule has 5 aromatic rings. The van der Waals surface area contributed by atoms with Crippen LogP contribution >= 0.6 is 0 Å². The van der Waals surface area contributed by atoms with E-state index in [9.17, 15) is 10.2 Å². The van der Waals surface area contributed by atoms with Crippen molar-refractivity contribution in [3.05, 3.63) is 149 Å². The Morgan fingerprint density at radius 3 is 2.19 bits per heavy atom. The molecule has 9 rings (SSSR count). The minimum atomic E-state index is -1.67. The Morgan fingerprint density at radius 2 is 1.51 bits per heavy atom. The average Bonchev–Trinajstić information content (AvgIpc) is 3.73. The summed E-state index contributed by atoms with van der Waals surface area (Å²) in [6.45, 7) is 1.42. The molecule has 286 valence electrons. The Morgan fingerprint density at radius 1 is 0.825 bits per heavy atom. The Bertz CT molecular complexity index is 2360. The Labute approximate surface area is 329 Å². The number of nitrogens with one attached hydrogen (secondary N) is 1. The molecule has 4 aromatic carbocycles. The van der Waals surface area contributed by atoms with Crippen LogP contribution in [0.2, 0.25) is 0 Å². The van der Waals surface area contributed by atoms with Crippen LogP contribution in [0.1, 0.15) is 52.4 Å². The number of ether oxygens (including phenoxy) is 1. The minimum absolute atomic E-state index is 0.0350. The second-order valence-corrected chi connectivity index (χ2v) is 14.7. The quantitative estimate of drug-likeness (QED) is 0.167. The van der Waals surface area contributed by atoms with Crippen LogP contribution in [-0.2, 0) is 24.5 Å². The molecule has 3 saturated heterocycles. The summed E-state index contributed by atoms with van der Waals surface area (Å²) in [5.74, 6) is 4.09. The number of phenolic OH excluding ortho intramolecular Hbond substituents is 1. The number of cyclic esters (lactones) is 1. The fourth-order valence-corrected chi connectivity index (χ4v) is 9.31. The molecule has 6 unspecified atom stereocenters. The van der Waals surface area contributed by atoms with E-state index in [0.717, 1.165) is 11.1 Å². The molecule has 3 fully saturated rings. The highest BCUT2D eigenvalue weighted by molar-refractivity contribution is 6.12. The molecule has 0 bridgehead atoms. The highest BCUT2D eigenvalue weighted by Gasteiger charge is 2.74. The normalized spacial score (nSPS) is 25.2. The van der Waals surface area contributed by atoms with E-state index in [1.54, 1.807) is 59.8 Å². The van der Waals surface area contributed by atoms with Gasteiger partial charge in [-0.2, -0.15) is 0 Å². The number of esters is 1. The van der Waals surface area contributed by atoms with Crippen molar-refractivity contribution in [1.82, 2.24) is 19.8 Å². The topological polar surface area (TPSA) is 148 Å². The summed E-state index contributed by atoms with van der Waals surface area (Å²) in [5, 5.41) is 23.1. The van der Waals surface area contributed by atoms with Crippen LogP contribution in [0.5, 0.6) is 5.75 Å². The van der Waals surface area contributed by atoms with Crippen molar-refractivity contribution in [3.8, 4) is 17.6 Å². The maximum absolute atomic E-state index is 15.6. The zero-order valence-corrected chi connectivity index (χ0v) is 30.9. The number of benzene rings is 4. The number of carbonyl (C=O) groups excluding carboxylic acids is 3. The predicted octanol–water partition coefficient (Wildman–Crippen LogP) is 4.54. The van der Waals surface area contributed by atoms with Gasteiger partial charge in [0.25, 0.3) is 0 Å². The fraction of sp³-hybridized carbons (Fsp3) is 0.267.